The zero-order valence-corrected chi connectivity index (χ0v) is 17.9. The van der Waals surface area contributed by atoms with Gasteiger partial charge >= 0.3 is 5.97 Å². The van der Waals surface area contributed by atoms with E-state index in [1.807, 2.05) is 39.8 Å². The van der Waals surface area contributed by atoms with Crippen molar-refractivity contribution in [1.82, 2.24) is 15.0 Å². The number of hydrogen-bond acceptors (Lipinski definition) is 7. The first kappa shape index (κ1) is 20.2. The van der Waals surface area contributed by atoms with E-state index in [2.05, 4.69) is 9.97 Å². The second kappa shape index (κ2) is 7.32. The molecule has 0 radical (unpaired) electrons. The Balaban J connectivity index is 1.76. The maximum Gasteiger partial charge on any atom is 0.340 e. The second-order valence-electron chi connectivity index (χ2n) is 8.44. The van der Waals surface area contributed by atoms with Crippen molar-refractivity contribution in [3.05, 3.63) is 58.8 Å². The summed E-state index contributed by atoms with van der Waals surface area (Å²) in [6.07, 6.45) is 3.87. The number of esters is 1. The van der Waals surface area contributed by atoms with Gasteiger partial charge in [0.2, 0.25) is 5.88 Å². The molecule has 2 N–H and O–H groups in total. The van der Waals surface area contributed by atoms with Crippen molar-refractivity contribution in [2.45, 2.75) is 51.7 Å². The fourth-order valence-electron chi connectivity index (χ4n) is 3.80. The topological polar surface area (TPSA) is 100 Å². The van der Waals surface area contributed by atoms with Crippen molar-refractivity contribution in [2.24, 2.45) is 5.73 Å². The summed E-state index contributed by atoms with van der Waals surface area (Å²) in [6.45, 7) is 7.81. The molecule has 7 heteroatoms. The zero-order valence-electron chi connectivity index (χ0n) is 17.9. The van der Waals surface area contributed by atoms with Gasteiger partial charge in [-0.1, -0.05) is 6.92 Å². The van der Waals surface area contributed by atoms with Crippen LogP contribution in [0.3, 0.4) is 0 Å². The summed E-state index contributed by atoms with van der Waals surface area (Å²) in [5.41, 5.74) is 9.77. The summed E-state index contributed by atoms with van der Waals surface area (Å²) in [6, 6.07) is 5.67. The number of rotatable bonds is 4. The van der Waals surface area contributed by atoms with Crippen molar-refractivity contribution < 1.29 is 14.3 Å². The monoisotopic (exact) mass is 406 g/mol. The van der Waals surface area contributed by atoms with Crippen molar-refractivity contribution in [3.63, 3.8) is 0 Å². The predicted molar refractivity (Wildman–Crippen MR) is 114 cm³/mol. The molecular weight excluding hydrogens is 380 g/mol. The molecule has 0 bridgehead atoms. The summed E-state index contributed by atoms with van der Waals surface area (Å²) < 4.78 is 10.8. The minimum Gasteiger partial charge on any atom is -0.481 e. The van der Waals surface area contributed by atoms with E-state index in [9.17, 15) is 4.79 Å². The molecule has 30 heavy (non-hydrogen) atoms. The third-order valence-corrected chi connectivity index (χ3v) is 5.67. The van der Waals surface area contributed by atoms with E-state index in [4.69, 9.17) is 20.2 Å². The van der Waals surface area contributed by atoms with Gasteiger partial charge in [-0.25, -0.2) is 9.78 Å². The van der Waals surface area contributed by atoms with E-state index >= 15 is 0 Å². The van der Waals surface area contributed by atoms with Crippen molar-refractivity contribution in [2.75, 3.05) is 7.11 Å². The standard InChI is InChI=1S/C23H26N4O3/c1-12-13(2)30-22(28)16-7-6-14(27-20(12)16)8-15-9-17-18(10-25-15)21(29-5)26-11-19(17)23(3,4)24/h6-7,9-13H,8,24H2,1-5H3/t12-,13-/m0/s1. The average molecular weight is 406 g/mol. The second-order valence-corrected chi connectivity index (χ2v) is 8.44. The van der Waals surface area contributed by atoms with Crippen LogP contribution in [0.25, 0.3) is 10.8 Å². The Morgan fingerprint density at radius 3 is 2.60 bits per heavy atom. The van der Waals surface area contributed by atoms with Crippen LogP contribution in [0.2, 0.25) is 0 Å². The smallest absolute Gasteiger partial charge is 0.340 e. The highest BCUT2D eigenvalue weighted by atomic mass is 16.5. The lowest BCUT2D eigenvalue weighted by molar-refractivity contribution is 0.0234. The van der Waals surface area contributed by atoms with E-state index < -0.39 is 5.54 Å². The summed E-state index contributed by atoms with van der Waals surface area (Å²) in [7, 11) is 1.59. The summed E-state index contributed by atoms with van der Waals surface area (Å²) in [4.78, 5) is 25.9. The number of fused-ring (bicyclic) bond motifs is 2. The van der Waals surface area contributed by atoms with Crippen LogP contribution in [0, 0.1) is 0 Å². The van der Waals surface area contributed by atoms with Crippen molar-refractivity contribution >= 4 is 16.7 Å². The van der Waals surface area contributed by atoms with Gasteiger partial charge in [0.15, 0.2) is 0 Å². The molecule has 2 atom stereocenters. The molecule has 0 aromatic carbocycles. The van der Waals surface area contributed by atoms with E-state index in [0.717, 1.165) is 33.4 Å². The fourth-order valence-corrected chi connectivity index (χ4v) is 3.80. The molecule has 0 spiro atoms. The molecular formula is C23H26N4O3. The number of pyridine rings is 3. The van der Waals surface area contributed by atoms with Gasteiger partial charge in [-0.3, -0.25) is 9.97 Å². The Hall–Kier alpha value is -3.06. The molecule has 1 aliphatic heterocycles. The van der Waals surface area contributed by atoms with Crippen LogP contribution in [-0.2, 0) is 16.7 Å². The van der Waals surface area contributed by atoms with Crippen LogP contribution in [0.1, 0.15) is 66.6 Å². The van der Waals surface area contributed by atoms with Gasteiger partial charge in [0.25, 0.3) is 0 Å². The molecule has 0 amide bonds. The Labute approximate surface area is 175 Å². The molecule has 1 aliphatic rings. The Morgan fingerprint density at radius 2 is 1.90 bits per heavy atom. The van der Waals surface area contributed by atoms with Crippen LogP contribution in [0.15, 0.2) is 30.6 Å². The Kier molecular flexibility index (Phi) is 4.94. The highest BCUT2D eigenvalue weighted by Crippen LogP contribution is 2.32. The number of methoxy groups -OCH3 is 1. The van der Waals surface area contributed by atoms with Gasteiger partial charge in [-0.05, 0) is 49.9 Å². The lowest BCUT2D eigenvalue weighted by Gasteiger charge is -2.27. The Bertz CT molecular complexity index is 1140. The maximum atomic E-state index is 12.1. The minimum absolute atomic E-state index is 0.0437. The summed E-state index contributed by atoms with van der Waals surface area (Å²) >= 11 is 0. The quantitative estimate of drug-likeness (QED) is 0.662. The molecule has 0 saturated heterocycles. The number of carbonyl (C=O) groups excluding carboxylic acids is 1. The molecule has 4 heterocycles. The lowest BCUT2D eigenvalue weighted by Crippen LogP contribution is -2.29. The molecule has 0 fully saturated rings. The SMILES string of the molecule is COc1ncc(C(C)(C)N)c2cc(Cc3ccc4c(n3)[C@@H](C)[C@H](C)OC4=O)ncc12. The highest BCUT2D eigenvalue weighted by molar-refractivity contribution is 5.92. The fraction of sp³-hybridized carbons (Fsp3) is 0.391. The third-order valence-electron chi connectivity index (χ3n) is 5.67. The molecule has 7 nitrogen and oxygen atoms in total. The van der Waals surface area contributed by atoms with Crippen molar-refractivity contribution in [1.29, 1.82) is 0 Å². The number of nitrogens with zero attached hydrogens (tertiary/aromatic N) is 3. The average Bonchev–Trinajstić information content (AvgIpc) is 2.70. The minimum atomic E-state index is -0.563. The lowest BCUT2D eigenvalue weighted by atomic mass is 9.92. The molecule has 156 valence electrons. The van der Waals surface area contributed by atoms with Crippen LogP contribution >= 0.6 is 0 Å². The first-order valence-electron chi connectivity index (χ1n) is 10.0. The van der Waals surface area contributed by atoms with Crippen LogP contribution in [0.5, 0.6) is 5.88 Å². The van der Waals surface area contributed by atoms with E-state index in [0.29, 0.717) is 17.9 Å². The molecule has 3 aromatic rings. The first-order valence-corrected chi connectivity index (χ1v) is 10.0. The first-order chi connectivity index (χ1) is 14.2. The highest BCUT2D eigenvalue weighted by Gasteiger charge is 2.31. The van der Waals surface area contributed by atoms with E-state index in [1.165, 1.54) is 0 Å². The summed E-state index contributed by atoms with van der Waals surface area (Å²) in [5.74, 6) is 0.250. The molecule has 4 rings (SSSR count). The van der Waals surface area contributed by atoms with Crippen LogP contribution in [-0.4, -0.2) is 34.1 Å². The molecule has 0 saturated carbocycles. The molecule has 0 unspecified atom stereocenters. The normalized spacial score (nSPS) is 18.8. The molecule has 0 aliphatic carbocycles. The Morgan fingerprint density at radius 1 is 1.13 bits per heavy atom. The number of cyclic esters (lactones) is 1. The predicted octanol–water partition coefficient (Wildman–Crippen LogP) is 3.48. The van der Waals surface area contributed by atoms with Crippen LogP contribution < -0.4 is 10.5 Å². The number of aromatic nitrogens is 3. The van der Waals surface area contributed by atoms with Gasteiger partial charge < -0.3 is 15.2 Å². The number of nitrogens with two attached hydrogens (primary N) is 1. The van der Waals surface area contributed by atoms with Gasteiger partial charge in [0.1, 0.15) is 6.10 Å². The van der Waals surface area contributed by atoms with Crippen molar-refractivity contribution in [3.8, 4) is 5.88 Å². The van der Waals surface area contributed by atoms with E-state index in [1.54, 1.807) is 25.6 Å². The van der Waals surface area contributed by atoms with Gasteiger partial charge in [0.05, 0.1) is 23.8 Å². The van der Waals surface area contributed by atoms with Gasteiger partial charge in [0, 0.05) is 41.7 Å². The number of hydrogen-bond donors (Lipinski definition) is 1. The van der Waals surface area contributed by atoms with Gasteiger partial charge in [-0.15, -0.1) is 0 Å². The van der Waals surface area contributed by atoms with Crippen LogP contribution in [0.4, 0.5) is 0 Å². The zero-order chi connectivity index (χ0) is 21.6. The van der Waals surface area contributed by atoms with E-state index in [-0.39, 0.29) is 18.0 Å². The number of ether oxygens (including phenoxy) is 2. The third kappa shape index (κ3) is 3.50. The van der Waals surface area contributed by atoms with Gasteiger partial charge in [-0.2, -0.15) is 0 Å². The molecule has 3 aromatic heterocycles. The number of carbonyl (C=O) groups is 1. The maximum absolute atomic E-state index is 12.1. The summed E-state index contributed by atoms with van der Waals surface area (Å²) in [5, 5.41) is 1.78. The largest absolute Gasteiger partial charge is 0.481 e.